The van der Waals surface area contributed by atoms with Crippen LogP contribution in [0, 0.1) is 6.92 Å². The highest BCUT2D eigenvalue weighted by molar-refractivity contribution is 7.93. The molecule has 70 valence electrons. The van der Waals surface area contributed by atoms with E-state index in [4.69, 9.17) is 0 Å². The molecule has 0 aliphatic heterocycles. The molecule has 0 bridgehead atoms. The van der Waals surface area contributed by atoms with E-state index in [0.717, 1.165) is 16.5 Å². The molecule has 0 saturated carbocycles. The normalized spacial score (nSPS) is 11.2. The Morgan fingerprint density at radius 1 is 1.31 bits per heavy atom. The summed E-state index contributed by atoms with van der Waals surface area (Å²) in [6, 6.07) is 7.43. The fourth-order valence-corrected chi connectivity index (χ4v) is 1.75. The van der Waals surface area contributed by atoms with Crippen LogP contribution in [0.4, 0.5) is 0 Å². The van der Waals surface area contributed by atoms with Gasteiger partial charge in [0.05, 0.1) is 5.75 Å². The van der Waals surface area contributed by atoms with E-state index < -0.39 is 9.84 Å². The van der Waals surface area contributed by atoms with Crippen molar-refractivity contribution in [3.05, 3.63) is 47.4 Å². The van der Waals surface area contributed by atoms with E-state index in [9.17, 15) is 8.42 Å². The highest BCUT2D eigenvalue weighted by Gasteiger charge is 2.05. The van der Waals surface area contributed by atoms with Gasteiger partial charge in [-0.3, -0.25) is 0 Å². The van der Waals surface area contributed by atoms with E-state index in [1.54, 1.807) is 0 Å². The van der Waals surface area contributed by atoms with E-state index in [-0.39, 0.29) is 5.75 Å². The second-order valence-electron chi connectivity index (χ2n) is 2.96. The van der Waals surface area contributed by atoms with Crippen LogP contribution >= 0.6 is 0 Å². The van der Waals surface area contributed by atoms with Crippen LogP contribution < -0.4 is 0 Å². The molecule has 0 aliphatic rings. The van der Waals surface area contributed by atoms with Gasteiger partial charge in [0, 0.05) is 5.41 Å². The first-order valence-corrected chi connectivity index (χ1v) is 5.66. The fraction of sp³-hybridized carbons (Fsp3) is 0.200. The minimum Gasteiger partial charge on any atom is -0.224 e. The molecular formula is C10H12O2S. The molecule has 1 aromatic rings. The zero-order valence-electron chi connectivity index (χ0n) is 7.53. The van der Waals surface area contributed by atoms with Gasteiger partial charge in [0.25, 0.3) is 0 Å². The lowest BCUT2D eigenvalue weighted by Crippen LogP contribution is -1.98. The summed E-state index contributed by atoms with van der Waals surface area (Å²) >= 11 is 0. The lowest BCUT2D eigenvalue weighted by atomic mass is 10.2. The average molecular weight is 196 g/mol. The van der Waals surface area contributed by atoms with Gasteiger partial charge < -0.3 is 0 Å². The van der Waals surface area contributed by atoms with Crippen LogP contribution in [0.2, 0.25) is 0 Å². The molecule has 2 nitrogen and oxygen atoms in total. The second kappa shape index (κ2) is 3.75. The van der Waals surface area contributed by atoms with Gasteiger partial charge in [-0.2, -0.15) is 0 Å². The van der Waals surface area contributed by atoms with Crippen LogP contribution in [0.25, 0.3) is 0 Å². The van der Waals surface area contributed by atoms with Crippen molar-refractivity contribution in [1.82, 2.24) is 0 Å². The highest BCUT2D eigenvalue weighted by Crippen LogP contribution is 2.08. The van der Waals surface area contributed by atoms with Crippen molar-refractivity contribution in [2.45, 2.75) is 12.7 Å². The fourth-order valence-electron chi connectivity index (χ4n) is 0.976. The minimum absolute atomic E-state index is 0.0385. The zero-order valence-corrected chi connectivity index (χ0v) is 8.34. The van der Waals surface area contributed by atoms with Gasteiger partial charge in [-0.05, 0) is 12.5 Å². The molecule has 1 rings (SSSR count). The second-order valence-corrected chi connectivity index (χ2v) is 4.91. The lowest BCUT2D eigenvalue weighted by molar-refractivity contribution is 0.604. The number of sulfone groups is 1. The number of rotatable bonds is 3. The summed E-state index contributed by atoms with van der Waals surface area (Å²) in [5.74, 6) is 0.0385. The molecular weight excluding hydrogens is 184 g/mol. The summed E-state index contributed by atoms with van der Waals surface area (Å²) in [6.07, 6.45) is 0. The third-order valence-electron chi connectivity index (χ3n) is 1.74. The largest absolute Gasteiger partial charge is 0.224 e. The Hall–Kier alpha value is -1.09. The summed E-state index contributed by atoms with van der Waals surface area (Å²) in [6.45, 7) is 5.22. The Morgan fingerprint density at radius 3 is 2.31 bits per heavy atom. The molecule has 0 amide bonds. The zero-order chi connectivity index (χ0) is 9.90. The third-order valence-corrected chi connectivity index (χ3v) is 2.99. The third kappa shape index (κ3) is 3.03. The first-order valence-electron chi connectivity index (χ1n) is 3.94. The molecule has 0 aromatic heterocycles. The van der Waals surface area contributed by atoms with Crippen molar-refractivity contribution < 1.29 is 8.42 Å². The van der Waals surface area contributed by atoms with Gasteiger partial charge in [-0.25, -0.2) is 8.42 Å². The van der Waals surface area contributed by atoms with Crippen LogP contribution in [0.1, 0.15) is 11.1 Å². The van der Waals surface area contributed by atoms with Crippen LogP contribution in [0.3, 0.4) is 0 Å². The van der Waals surface area contributed by atoms with Gasteiger partial charge in [0.2, 0.25) is 0 Å². The molecule has 13 heavy (non-hydrogen) atoms. The van der Waals surface area contributed by atoms with Gasteiger partial charge in [-0.1, -0.05) is 36.4 Å². The smallest absolute Gasteiger partial charge is 0.175 e. The minimum atomic E-state index is -3.12. The van der Waals surface area contributed by atoms with Crippen LogP contribution in [0.5, 0.6) is 0 Å². The molecule has 0 radical (unpaired) electrons. The Kier molecular flexibility index (Phi) is 2.88. The van der Waals surface area contributed by atoms with Crippen LogP contribution in [0.15, 0.2) is 36.3 Å². The quantitative estimate of drug-likeness (QED) is 0.741. The van der Waals surface area contributed by atoms with Crippen LogP contribution in [-0.2, 0) is 15.6 Å². The van der Waals surface area contributed by atoms with Crippen molar-refractivity contribution >= 4 is 9.84 Å². The summed E-state index contributed by atoms with van der Waals surface area (Å²) in [4.78, 5) is 0. The van der Waals surface area contributed by atoms with Crippen molar-refractivity contribution in [2.75, 3.05) is 0 Å². The Bertz CT molecular complexity index is 387. The first kappa shape index (κ1) is 9.99. The molecule has 0 unspecified atom stereocenters. The summed E-state index contributed by atoms with van der Waals surface area (Å²) in [5, 5.41) is 0.993. The molecule has 0 saturated heterocycles. The van der Waals surface area contributed by atoms with E-state index in [1.807, 2.05) is 31.2 Å². The average Bonchev–Trinajstić information content (AvgIpc) is 2.09. The van der Waals surface area contributed by atoms with Gasteiger partial charge in [0.15, 0.2) is 9.84 Å². The molecule has 0 N–H and O–H groups in total. The predicted octanol–water partition coefficient (Wildman–Crippen LogP) is 2.05. The monoisotopic (exact) mass is 196 g/mol. The van der Waals surface area contributed by atoms with Gasteiger partial charge in [0.1, 0.15) is 0 Å². The number of hydrogen-bond donors (Lipinski definition) is 0. The lowest BCUT2D eigenvalue weighted by Gasteiger charge is -1.99. The molecule has 3 heteroatoms. The SMILES string of the molecule is C=CS(=O)(=O)Cc1ccc(C)cc1. The van der Waals surface area contributed by atoms with Crippen LogP contribution in [-0.4, -0.2) is 8.42 Å². The molecule has 0 fully saturated rings. The van der Waals surface area contributed by atoms with Crippen molar-refractivity contribution in [1.29, 1.82) is 0 Å². The molecule has 1 aromatic carbocycles. The highest BCUT2D eigenvalue weighted by atomic mass is 32.2. The maximum atomic E-state index is 11.1. The predicted molar refractivity (Wildman–Crippen MR) is 54.0 cm³/mol. The maximum absolute atomic E-state index is 11.1. The van der Waals surface area contributed by atoms with E-state index in [1.165, 1.54) is 0 Å². The number of aryl methyl sites for hydroxylation is 1. The van der Waals surface area contributed by atoms with Crippen molar-refractivity contribution in [2.24, 2.45) is 0 Å². The Labute approximate surface area is 78.8 Å². The summed E-state index contributed by atoms with van der Waals surface area (Å²) in [5.41, 5.74) is 1.92. The van der Waals surface area contributed by atoms with E-state index in [0.29, 0.717) is 0 Å². The number of hydrogen-bond acceptors (Lipinski definition) is 2. The van der Waals surface area contributed by atoms with E-state index in [2.05, 4.69) is 6.58 Å². The molecule has 0 spiro atoms. The topological polar surface area (TPSA) is 34.1 Å². The molecule has 0 aliphatic carbocycles. The van der Waals surface area contributed by atoms with Crippen molar-refractivity contribution in [3.8, 4) is 0 Å². The van der Waals surface area contributed by atoms with Crippen molar-refractivity contribution in [3.63, 3.8) is 0 Å². The maximum Gasteiger partial charge on any atom is 0.175 e. The standard InChI is InChI=1S/C10H12O2S/c1-3-13(11,12)8-10-6-4-9(2)5-7-10/h3-7H,1,8H2,2H3. The Balaban J connectivity index is 2.88. The Morgan fingerprint density at radius 2 is 1.85 bits per heavy atom. The van der Waals surface area contributed by atoms with Gasteiger partial charge >= 0.3 is 0 Å². The van der Waals surface area contributed by atoms with E-state index >= 15 is 0 Å². The first-order chi connectivity index (χ1) is 6.03. The number of benzene rings is 1. The molecule has 0 heterocycles. The summed E-state index contributed by atoms with van der Waals surface area (Å²) < 4.78 is 22.3. The van der Waals surface area contributed by atoms with Gasteiger partial charge in [-0.15, -0.1) is 0 Å². The summed E-state index contributed by atoms with van der Waals surface area (Å²) in [7, 11) is -3.12. The molecule has 0 atom stereocenters.